The van der Waals surface area contributed by atoms with E-state index in [1.807, 2.05) is 0 Å². The van der Waals surface area contributed by atoms with Crippen LogP contribution in [0.25, 0.3) is 0 Å². The molecular formula is C13H17NO4S. The van der Waals surface area contributed by atoms with Crippen molar-refractivity contribution in [2.45, 2.75) is 30.3 Å². The summed E-state index contributed by atoms with van der Waals surface area (Å²) in [6.07, 6.45) is 2.13. The van der Waals surface area contributed by atoms with Crippen LogP contribution in [0.3, 0.4) is 0 Å². The van der Waals surface area contributed by atoms with Gasteiger partial charge in [-0.25, -0.2) is 13.1 Å². The molecule has 0 saturated heterocycles. The first kappa shape index (κ1) is 12.9. The number of ether oxygens (including phenoxy) is 1. The van der Waals surface area contributed by atoms with Crippen molar-refractivity contribution in [2.24, 2.45) is 5.92 Å². The molecule has 0 amide bonds. The van der Waals surface area contributed by atoms with Gasteiger partial charge in [-0.3, -0.25) is 0 Å². The lowest BCUT2D eigenvalue weighted by Crippen LogP contribution is -2.33. The van der Waals surface area contributed by atoms with E-state index < -0.39 is 16.1 Å². The molecule has 3 rings (SSSR count). The highest BCUT2D eigenvalue weighted by Gasteiger charge is 2.30. The molecular weight excluding hydrogens is 266 g/mol. The standard InChI is InChI=1S/C13H17NO4S/c15-12(9-1-2-9)8-14-19(16,17)11-3-4-13-10(7-11)5-6-18-13/h3-4,7,9,12,14-15H,1-2,5-6,8H2. The van der Waals surface area contributed by atoms with Gasteiger partial charge in [0, 0.05) is 13.0 Å². The third-order valence-electron chi connectivity index (χ3n) is 3.62. The molecule has 19 heavy (non-hydrogen) atoms. The molecule has 2 N–H and O–H groups in total. The van der Waals surface area contributed by atoms with Crippen LogP contribution in [0.4, 0.5) is 0 Å². The zero-order chi connectivity index (χ0) is 13.5. The van der Waals surface area contributed by atoms with E-state index in [9.17, 15) is 13.5 Å². The van der Waals surface area contributed by atoms with E-state index >= 15 is 0 Å². The van der Waals surface area contributed by atoms with Gasteiger partial charge in [0.25, 0.3) is 0 Å². The van der Waals surface area contributed by atoms with Crippen molar-refractivity contribution in [1.82, 2.24) is 4.72 Å². The van der Waals surface area contributed by atoms with Gasteiger partial charge in [0.1, 0.15) is 5.75 Å². The molecule has 6 heteroatoms. The van der Waals surface area contributed by atoms with Crippen LogP contribution in [0.15, 0.2) is 23.1 Å². The van der Waals surface area contributed by atoms with Crippen molar-refractivity contribution < 1.29 is 18.3 Å². The third-order valence-corrected chi connectivity index (χ3v) is 5.04. The molecule has 0 radical (unpaired) electrons. The summed E-state index contributed by atoms with van der Waals surface area (Å²) in [6, 6.07) is 4.87. The number of fused-ring (bicyclic) bond motifs is 1. The third kappa shape index (κ3) is 2.75. The molecule has 1 heterocycles. The van der Waals surface area contributed by atoms with Crippen LogP contribution < -0.4 is 9.46 Å². The highest BCUT2D eigenvalue weighted by atomic mass is 32.2. The normalized spacial score (nSPS) is 19.8. The molecule has 1 saturated carbocycles. The van der Waals surface area contributed by atoms with Crippen LogP contribution >= 0.6 is 0 Å². The van der Waals surface area contributed by atoms with E-state index in [-0.39, 0.29) is 17.4 Å². The zero-order valence-electron chi connectivity index (χ0n) is 10.5. The zero-order valence-corrected chi connectivity index (χ0v) is 11.3. The van der Waals surface area contributed by atoms with Crippen molar-refractivity contribution in [1.29, 1.82) is 0 Å². The van der Waals surface area contributed by atoms with E-state index in [1.54, 1.807) is 12.1 Å². The van der Waals surface area contributed by atoms with Gasteiger partial charge in [0.05, 0.1) is 17.6 Å². The monoisotopic (exact) mass is 283 g/mol. The molecule has 2 aliphatic rings. The molecule has 104 valence electrons. The Kier molecular flexibility index (Phi) is 3.24. The maximum absolute atomic E-state index is 12.1. The minimum atomic E-state index is -3.55. The first-order chi connectivity index (χ1) is 9.06. The van der Waals surface area contributed by atoms with Crippen LogP contribution in [0.5, 0.6) is 5.75 Å². The van der Waals surface area contributed by atoms with E-state index in [1.165, 1.54) is 6.07 Å². The first-order valence-electron chi connectivity index (χ1n) is 6.50. The Morgan fingerprint density at radius 1 is 1.42 bits per heavy atom. The van der Waals surface area contributed by atoms with Crippen LogP contribution in [0.2, 0.25) is 0 Å². The second-order valence-electron chi connectivity index (χ2n) is 5.12. The molecule has 0 aromatic heterocycles. The Morgan fingerprint density at radius 3 is 2.95 bits per heavy atom. The smallest absolute Gasteiger partial charge is 0.240 e. The topological polar surface area (TPSA) is 75.6 Å². The minimum absolute atomic E-state index is 0.0839. The summed E-state index contributed by atoms with van der Waals surface area (Å²) in [5.74, 6) is 1.02. The Labute approximate surface area is 112 Å². The Hall–Kier alpha value is -1.11. The van der Waals surface area contributed by atoms with Crippen LogP contribution in [0.1, 0.15) is 18.4 Å². The molecule has 1 aromatic rings. The van der Waals surface area contributed by atoms with E-state index in [2.05, 4.69) is 4.72 Å². The quantitative estimate of drug-likeness (QED) is 0.833. The van der Waals surface area contributed by atoms with Gasteiger partial charge in [-0.15, -0.1) is 0 Å². The molecule has 1 aromatic carbocycles. The average Bonchev–Trinajstić information content (AvgIpc) is 3.13. The van der Waals surface area contributed by atoms with Crippen molar-refractivity contribution in [3.63, 3.8) is 0 Å². The summed E-state index contributed by atoms with van der Waals surface area (Å²) in [6.45, 7) is 0.688. The van der Waals surface area contributed by atoms with Crippen molar-refractivity contribution in [2.75, 3.05) is 13.2 Å². The Balaban J connectivity index is 1.72. The van der Waals surface area contributed by atoms with Crippen molar-refractivity contribution >= 4 is 10.0 Å². The van der Waals surface area contributed by atoms with E-state index in [4.69, 9.17) is 4.74 Å². The SMILES string of the molecule is O=S(=O)(NCC(O)C1CC1)c1ccc2c(c1)CCO2. The number of nitrogens with one attached hydrogen (secondary N) is 1. The summed E-state index contributed by atoms with van der Waals surface area (Å²) >= 11 is 0. The van der Waals surface area contributed by atoms with Gasteiger partial charge in [-0.1, -0.05) is 0 Å². The molecule has 1 unspecified atom stereocenters. The fourth-order valence-electron chi connectivity index (χ4n) is 2.26. The number of benzene rings is 1. The number of hydrogen-bond acceptors (Lipinski definition) is 4. The summed E-state index contributed by atoms with van der Waals surface area (Å²) < 4.78 is 32.1. The molecule has 1 fully saturated rings. The number of aliphatic hydroxyl groups excluding tert-OH is 1. The van der Waals surface area contributed by atoms with E-state index in [0.717, 1.165) is 30.6 Å². The lowest BCUT2D eigenvalue weighted by molar-refractivity contribution is 0.155. The van der Waals surface area contributed by atoms with Gasteiger partial charge in [-0.05, 0) is 42.5 Å². The molecule has 5 nitrogen and oxygen atoms in total. The van der Waals surface area contributed by atoms with Crippen LogP contribution in [-0.4, -0.2) is 32.8 Å². The van der Waals surface area contributed by atoms with Gasteiger partial charge in [-0.2, -0.15) is 0 Å². The summed E-state index contributed by atoms with van der Waals surface area (Å²) in [7, 11) is -3.55. The van der Waals surface area contributed by atoms with Crippen molar-refractivity contribution in [3.05, 3.63) is 23.8 Å². The highest BCUT2D eigenvalue weighted by Crippen LogP contribution is 2.32. The first-order valence-corrected chi connectivity index (χ1v) is 7.98. The fourth-order valence-corrected chi connectivity index (χ4v) is 3.36. The molecule has 0 spiro atoms. The maximum Gasteiger partial charge on any atom is 0.240 e. The predicted molar refractivity (Wildman–Crippen MR) is 69.6 cm³/mol. The number of aliphatic hydroxyl groups is 1. The summed E-state index contributed by atoms with van der Waals surface area (Å²) in [5, 5.41) is 9.71. The van der Waals surface area contributed by atoms with Gasteiger partial charge < -0.3 is 9.84 Å². The fraction of sp³-hybridized carbons (Fsp3) is 0.538. The predicted octanol–water partition coefficient (Wildman–Crippen LogP) is 0.671. The largest absolute Gasteiger partial charge is 0.493 e. The minimum Gasteiger partial charge on any atom is -0.493 e. The maximum atomic E-state index is 12.1. The summed E-state index contributed by atoms with van der Waals surface area (Å²) in [4.78, 5) is 0.236. The molecule has 1 aliphatic heterocycles. The second-order valence-corrected chi connectivity index (χ2v) is 6.89. The second kappa shape index (κ2) is 4.77. The average molecular weight is 283 g/mol. The Morgan fingerprint density at radius 2 is 2.21 bits per heavy atom. The molecule has 1 aliphatic carbocycles. The van der Waals surface area contributed by atoms with E-state index in [0.29, 0.717) is 6.61 Å². The lowest BCUT2D eigenvalue weighted by atomic mass is 10.2. The molecule has 0 bridgehead atoms. The number of rotatable bonds is 5. The summed E-state index contributed by atoms with van der Waals surface area (Å²) in [5.41, 5.74) is 0.922. The lowest BCUT2D eigenvalue weighted by Gasteiger charge is -2.11. The van der Waals surface area contributed by atoms with Crippen LogP contribution in [-0.2, 0) is 16.4 Å². The number of hydrogen-bond donors (Lipinski definition) is 2. The molecule has 1 atom stereocenters. The van der Waals surface area contributed by atoms with Crippen molar-refractivity contribution in [3.8, 4) is 5.75 Å². The Bertz CT molecular complexity index is 580. The van der Waals surface area contributed by atoms with Gasteiger partial charge in [0.2, 0.25) is 10.0 Å². The highest BCUT2D eigenvalue weighted by molar-refractivity contribution is 7.89. The van der Waals surface area contributed by atoms with Crippen LogP contribution in [0, 0.1) is 5.92 Å². The van der Waals surface area contributed by atoms with Gasteiger partial charge >= 0.3 is 0 Å². The van der Waals surface area contributed by atoms with Gasteiger partial charge in [0.15, 0.2) is 0 Å². The number of sulfonamides is 1.